The number of rotatable bonds is 5. The Labute approximate surface area is 155 Å². The van der Waals surface area contributed by atoms with Gasteiger partial charge in [0.2, 0.25) is 11.8 Å². The van der Waals surface area contributed by atoms with Gasteiger partial charge in [0.25, 0.3) is 0 Å². The highest BCUT2D eigenvalue weighted by atomic mass is 16.5. The minimum Gasteiger partial charge on any atom is -0.376 e. The molecule has 3 fully saturated rings. The summed E-state index contributed by atoms with van der Waals surface area (Å²) in [5.41, 5.74) is 3.28. The predicted molar refractivity (Wildman–Crippen MR) is 100 cm³/mol. The van der Waals surface area contributed by atoms with Crippen LogP contribution in [0, 0.1) is 25.7 Å². The van der Waals surface area contributed by atoms with Crippen molar-refractivity contribution in [2.45, 2.75) is 45.6 Å². The molecular formula is C21H28N2O3. The van der Waals surface area contributed by atoms with Gasteiger partial charge in [0.05, 0.1) is 12.0 Å². The van der Waals surface area contributed by atoms with Crippen molar-refractivity contribution in [3.63, 3.8) is 0 Å². The molecule has 4 rings (SSSR count). The zero-order valence-electron chi connectivity index (χ0n) is 15.7. The summed E-state index contributed by atoms with van der Waals surface area (Å²) in [6, 6.07) is 6.05. The number of nitrogens with zero attached hydrogens (tertiary/aromatic N) is 2. The van der Waals surface area contributed by atoms with E-state index < -0.39 is 0 Å². The molecule has 0 spiro atoms. The fourth-order valence-corrected chi connectivity index (χ4v) is 3.90. The summed E-state index contributed by atoms with van der Waals surface area (Å²) in [7, 11) is 0. The van der Waals surface area contributed by atoms with Gasteiger partial charge in [-0.15, -0.1) is 0 Å². The Balaban J connectivity index is 1.35. The smallest absolute Gasteiger partial charge is 0.228 e. The van der Waals surface area contributed by atoms with Crippen molar-refractivity contribution >= 4 is 17.5 Å². The minimum absolute atomic E-state index is 0.0485. The number of likely N-dealkylation sites (tertiary alicyclic amines) is 1. The Hall–Kier alpha value is -1.88. The topological polar surface area (TPSA) is 49.9 Å². The average Bonchev–Trinajstić information content (AvgIpc) is 3.19. The summed E-state index contributed by atoms with van der Waals surface area (Å²) in [4.78, 5) is 29.0. The van der Waals surface area contributed by atoms with Gasteiger partial charge in [0.15, 0.2) is 0 Å². The van der Waals surface area contributed by atoms with E-state index in [1.807, 2.05) is 30.0 Å². The van der Waals surface area contributed by atoms with Crippen molar-refractivity contribution in [2.75, 3.05) is 31.1 Å². The molecule has 140 valence electrons. The summed E-state index contributed by atoms with van der Waals surface area (Å²) < 4.78 is 5.93. The van der Waals surface area contributed by atoms with E-state index in [-0.39, 0.29) is 23.8 Å². The number of aryl methyl sites for hydroxylation is 2. The fourth-order valence-electron chi connectivity index (χ4n) is 3.90. The largest absolute Gasteiger partial charge is 0.376 e. The molecule has 5 nitrogen and oxygen atoms in total. The number of amides is 2. The minimum atomic E-state index is -0.230. The van der Waals surface area contributed by atoms with Crippen LogP contribution in [-0.2, 0) is 14.3 Å². The first-order valence-electron chi connectivity index (χ1n) is 9.79. The second-order valence-corrected chi connectivity index (χ2v) is 8.15. The molecule has 0 aromatic heterocycles. The molecule has 5 heteroatoms. The standard InChI is InChI=1S/C21H28N2O3/c1-14-3-6-18(9-15(14)2)23-11-17(10-20(23)24)21(25)22-8-7-19(12-22)26-13-16-4-5-16/h3,6,9,16-17,19H,4-5,7-8,10-13H2,1-2H3/t17-,19-/m1/s1. The van der Waals surface area contributed by atoms with Crippen molar-refractivity contribution in [3.8, 4) is 0 Å². The lowest BCUT2D eigenvalue weighted by atomic mass is 10.1. The highest BCUT2D eigenvalue weighted by molar-refractivity contribution is 6.00. The molecule has 1 saturated carbocycles. The van der Waals surface area contributed by atoms with Gasteiger partial charge in [0, 0.05) is 38.3 Å². The van der Waals surface area contributed by atoms with Gasteiger partial charge in [-0.05, 0) is 62.3 Å². The number of carbonyl (C=O) groups excluding carboxylic acids is 2. The molecule has 1 aliphatic carbocycles. The van der Waals surface area contributed by atoms with Crippen LogP contribution < -0.4 is 4.90 Å². The van der Waals surface area contributed by atoms with Gasteiger partial charge >= 0.3 is 0 Å². The molecule has 2 atom stereocenters. The van der Waals surface area contributed by atoms with E-state index in [4.69, 9.17) is 4.74 Å². The lowest BCUT2D eigenvalue weighted by Gasteiger charge is -2.21. The summed E-state index contributed by atoms with van der Waals surface area (Å²) in [6.45, 7) is 6.88. The van der Waals surface area contributed by atoms with E-state index in [1.165, 1.54) is 24.0 Å². The van der Waals surface area contributed by atoms with E-state index in [9.17, 15) is 9.59 Å². The maximum absolute atomic E-state index is 12.9. The van der Waals surface area contributed by atoms with Crippen LogP contribution in [0.1, 0.15) is 36.8 Å². The first-order valence-corrected chi connectivity index (χ1v) is 9.79. The summed E-state index contributed by atoms with van der Waals surface area (Å²) in [6.07, 6.45) is 3.98. The zero-order valence-corrected chi connectivity index (χ0v) is 15.7. The molecular weight excluding hydrogens is 328 g/mol. The van der Waals surface area contributed by atoms with Crippen LogP contribution in [0.25, 0.3) is 0 Å². The number of carbonyl (C=O) groups is 2. The van der Waals surface area contributed by atoms with Crippen LogP contribution in [0.3, 0.4) is 0 Å². The highest BCUT2D eigenvalue weighted by Gasteiger charge is 2.39. The van der Waals surface area contributed by atoms with E-state index >= 15 is 0 Å². The molecule has 1 aromatic carbocycles. The fraction of sp³-hybridized carbons (Fsp3) is 0.619. The molecule has 2 saturated heterocycles. The van der Waals surface area contributed by atoms with E-state index in [0.717, 1.165) is 31.2 Å². The van der Waals surface area contributed by atoms with Crippen LogP contribution in [0.2, 0.25) is 0 Å². The SMILES string of the molecule is Cc1ccc(N2C[C@H](C(=O)N3CC[C@@H](OCC4CC4)C3)CC2=O)cc1C. The van der Waals surface area contributed by atoms with Crippen molar-refractivity contribution in [1.29, 1.82) is 0 Å². The van der Waals surface area contributed by atoms with Gasteiger partial charge in [-0.25, -0.2) is 0 Å². The Morgan fingerprint density at radius 1 is 1.15 bits per heavy atom. The average molecular weight is 356 g/mol. The van der Waals surface area contributed by atoms with Crippen LogP contribution in [0.4, 0.5) is 5.69 Å². The summed E-state index contributed by atoms with van der Waals surface area (Å²) >= 11 is 0. The monoisotopic (exact) mass is 356 g/mol. The van der Waals surface area contributed by atoms with Crippen LogP contribution >= 0.6 is 0 Å². The lowest BCUT2D eigenvalue weighted by molar-refractivity contribution is -0.135. The lowest BCUT2D eigenvalue weighted by Crippen LogP contribution is -2.36. The molecule has 0 bridgehead atoms. The van der Waals surface area contributed by atoms with Crippen molar-refractivity contribution in [1.82, 2.24) is 4.90 Å². The van der Waals surface area contributed by atoms with E-state index in [1.54, 1.807) is 4.90 Å². The molecule has 0 radical (unpaired) electrons. The second kappa shape index (κ2) is 7.03. The maximum Gasteiger partial charge on any atom is 0.228 e. The molecule has 2 aliphatic heterocycles. The number of benzene rings is 1. The van der Waals surface area contributed by atoms with Gasteiger partial charge in [-0.2, -0.15) is 0 Å². The van der Waals surface area contributed by atoms with Gasteiger partial charge in [0.1, 0.15) is 0 Å². The third kappa shape index (κ3) is 3.63. The molecule has 3 aliphatic rings. The molecule has 2 heterocycles. The first kappa shape index (κ1) is 17.5. The van der Waals surface area contributed by atoms with Crippen LogP contribution in [0.15, 0.2) is 18.2 Å². The van der Waals surface area contributed by atoms with E-state index in [0.29, 0.717) is 19.5 Å². The molecule has 26 heavy (non-hydrogen) atoms. The molecule has 1 aromatic rings. The number of anilines is 1. The number of hydrogen-bond donors (Lipinski definition) is 0. The zero-order chi connectivity index (χ0) is 18.3. The third-order valence-electron chi connectivity index (χ3n) is 6.00. The van der Waals surface area contributed by atoms with Crippen LogP contribution in [0.5, 0.6) is 0 Å². The van der Waals surface area contributed by atoms with Gasteiger partial charge in [-0.3, -0.25) is 9.59 Å². The van der Waals surface area contributed by atoms with Crippen molar-refractivity contribution in [3.05, 3.63) is 29.3 Å². The van der Waals surface area contributed by atoms with E-state index in [2.05, 4.69) is 6.92 Å². The Morgan fingerprint density at radius 3 is 2.69 bits per heavy atom. The number of hydrogen-bond acceptors (Lipinski definition) is 3. The van der Waals surface area contributed by atoms with Gasteiger partial charge in [-0.1, -0.05) is 6.07 Å². The highest BCUT2D eigenvalue weighted by Crippen LogP contribution is 2.31. The number of ether oxygens (including phenoxy) is 1. The van der Waals surface area contributed by atoms with Crippen molar-refractivity contribution < 1.29 is 14.3 Å². The maximum atomic E-state index is 12.9. The molecule has 0 N–H and O–H groups in total. The van der Waals surface area contributed by atoms with Crippen molar-refractivity contribution in [2.24, 2.45) is 11.8 Å². The second-order valence-electron chi connectivity index (χ2n) is 8.15. The van der Waals surface area contributed by atoms with Gasteiger partial charge < -0.3 is 14.5 Å². The first-order chi connectivity index (χ1) is 12.5. The predicted octanol–water partition coefficient (Wildman–Crippen LogP) is 2.68. The van der Waals surface area contributed by atoms with Crippen LogP contribution in [-0.4, -0.2) is 49.1 Å². The quantitative estimate of drug-likeness (QED) is 0.815. The Kier molecular flexibility index (Phi) is 4.74. The third-order valence-corrected chi connectivity index (χ3v) is 6.00. The Bertz CT molecular complexity index is 713. The summed E-state index contributed by atoms with van der Waals surface area (Å²) in [5.74, 6) is 0.680. The normalized spacial score (nSPS) is 26.0. The summed E-state index contributed by atoms with van der Waals surface area (Å²) in [5, 5.41) is 0. The Morgan fingerprint density at radius 2 is 1.96 bits per heavy atom. The molecule has 0 unspecified atom stereocenters. The molecule has 2 amide bonds.